The van der Waals surface area contributed by atoms with Crippen LogP contribution in [0.5, 0.6) is 5.75 Å². The molecule has 3 aromatic rings. The predicted octanol–water partition coefficient (Wildman–Crippen LogP) is 3.56. The second-order valence-electron chi connectivity index (χ2n) is 8.04. The minimum Gasteiger partial charge on any atom is -0.437 e. The molecule has 0 saturated carbocycles. The number of para-hydroxylation sites is 1. The fraction of sp³-hybridized carbons (Fsp3) is 0.148. The minimum absolute atomic E-state index is 0.123. The van der Waals surface area contributed by atoms with E-state index in [-0.39, 0.29) is 28.8 Å². The lowest BCUT2D eigenvalue weighted by Gasteiger charge is -2.10. The Hall–Kier alpha value is -4.44. The summed E-state index contributed by atoms with van der Waals surface area (Å²) in [7, 11) is -2.60. The first-order valence-electron chi connectivity index (χ1n) is 11.4. The summed E-state index contributed by atoms with van der Waals surface area (Å²) in [5, 5.41) is 5.36. The monoisotopic (exact) mass is 520 g/mol. The lowest BCUT2D eigenvalue weighted by Crippen LogP contribution is -2.31. The van der Waals surface area contributed by atoms with Crippen LogP contribution in [-0.2, 0) is 19.4 Å². The molecular formula is C27H24N2O7S. The number of carbonyl (C=O) groups excluding carboxylic acids is 3. The van der Waals surface area contributed by atoms with E-state index in [2.05, 4.69) is 15.4 Å². The Labute approximate surface area is 214 Å². The molecule has 0 atom stereocenters. The fourth-order valence-electron chi connectivity index (χ4n) is 3.78. The molecule has 2 amide bonds. The number of hydrogen-bond acceptors (Lipinski definition) is 7. The van der Waals surface area contributed by atoms with Gasteiger partial charge in [-0.2, -0.15) is 0 Å². The number of methoxy groups -OCH3 is 1. The molecule has 1 heterocycles. The van der Waals surface area contributed by atoms with Crippen molar-refractivity contribution in [1.29, 1.82) is 0 Å². The van der Waals surface area contributed by atoms with Gasteiger partial charge < -0.3 is 20.1 Å². The summed E-state index contributed by atoms with van der Waals surface area (Å²) in [6, 6.07) is 20.2. The average Bonchev–Trinajstić information content (AvgIpc) is 3.19. The van der Waals surface area contributed by atoms with Crippen molar-refractivity contribution < 1.29 is 32.3 Å². The van der Waals surface area contributed by atoms with Gasteiger partial charge in [-0.25, -0.2) is 13.2 Å². The molecule has 0 unspecified atom stereocenters. The first-order valence-corrected chi connectivity index (χ1v) is 12.9. The van der Waals surface area contributed by atoms with Gasteiger partial charge in [-0.05, 0) is 47.9 Å². The van der Waals surface area contributed by atoms with Gasteiger partial charge in [0.25, 0.3) is 11.8 Å². The van der Waals surface area contributed by atoms with Crippen molar-refractivity contribution in [3.8, 4) is 16.9 Å². The van der Waals surface area contributed by atoms with Crippen LogP contribution in [0.1, 0.15) is 22.3 Å². The van der Waals surface area contributed by atoms with Gasteiger partial charge in [-0.3, -0.25) is 9.59 Å². The lowest BCUT2D eigenvalue weighted by molar-refractivity contribution is -0.116. The Morgan fingerprint density at radius 3 is 2.16 bits per heavy atom. The van der Waals surface area contributed by atoms with Crippen LogP contribution in [0.4, 0.5) is 4.79 Å². The van der Waals surface area contributed by atoms with Gasteiger partial charge in [0.05, 0.1) is 12.0 Å². The molecule has 0 fully saturated rings. The predicted molar refractivity (Wildman–Crippen MR) is 136 cm³/mol. The highest BCUT2D eigenvalue weighted by atomic mass is 32.2. The van der Waals surface area contributed by atoms with Crippen LogP contribution in [-0.4, -0.2) is 46.6 Å². The third-order valence-electron chi connectivity index (χ3n) is 5.64. The summed E-state index contributed by atoms with van der Waals surface area (Å²) >= 11 is 0. The number of carbonyl (C=O) groups is 3. The molecule has 37 heavy (non-hydrogen) atoms. The van der Waals surface area contributed by atoms with Gasteiger partial charge in [0.15, 0.2) is 0 Å². The summed E-state index contributed by atoms with van der Waals surface area (Å²) in [5.41, 5.74) is 2.33. The van der Waals surface area contributed by atoms with Gasteiger partial charge in [-0.1, -0.05) is 48.5 Å². The molecule has 9 nitrogen and oxygen atoms in total. The number of nitrogens with one attached hydrogen (secondary N) is 2. The van der Waals surface area contributed by atoms with E-state index in [0.29, 0.717) is 28.9 Å². The molecule has 2 N–H and O–H groups in total. The van der Waals surface area contributed by atoms with Crippen molar-refractivity contribution in [3.63, 3.8) is 0 Å². The third kappa shape index (κ3) is 5.70. The first-order chi connectivity index (χ1) is 17.8. The second-order valence-corrected chi connectivity index (χ2v) is 9.93. The Balaban J connectivity index is 1.27. The van der Waals surface area contributed by atoms with Crippen LogP contribution in [0.2, 0.25) is 0 Å². The molecule has 1 aliphatic heterocycles. The van der Waals surface area contributed by atoms with Crippen molar-refractivity contribution in [2.45, 2.75) is 11.3 Å². The van der Waals surface area contributed by atoms with Crippen LogP contribution >= 0.6 is 0 Å². The summed E-state index contributed by atoms with van der Waals surface area (Å²) < 4.78 is 34.8. The van der Waals surface area contributed by atoms with Crippen LogP contribution in [0, 0.1) is 0 Å². The van der Waals surface area contributed by atoms with Gasteiger partial charge in [0, 0.05) is 24.2 Å². The van der Waals surface area contributed by atoms with Crippen LogP contribution < -0.4 is 15.4 Å². The molecule has 3 aromatic carbocycles. The van der Waals surface area contributed by atoms with E-state index in [9.17, 15) is 22.8 Å². The van der Waals surface area contributed by atoms with Crippen LogP contribution in [0.3, 0.4) is 0 Å². The highest BCUT2D eigenvalue weighted by molar-refractivity contribution is 7.96. The van der Waals surface area contributed by atoms with Gasteiger partial charge >= 0.3 is 6.16 Å². The van der Waals surface area contributed by atoms with E-state index < -0.39 is 21.9 Å². The molecular weight excluding hydrogens is 496 g/mol. The third-order valence-corrected chi connectivity index (χ3v) is 7.47. The Kier molecular flexibility index (Phi) is 7.69. The number of ether oxygens (including phenoxy) is 2. The van der Waals surface area contributed by atoms with Crippen molar-refractivity contribution >= 4 is 33.9 Å². The summed E-state index contributed by atoms with van der Waals surface area (Å²) in [5.74, 6) is -0.637. The molecule has 190 valence electrons. The van der Waals surface area contributed by atoms with Crippen molar-refractivity contribution in [2.75, 3.05) is 20.2 Å². The van der Waals surface area contributed by atoms with E-state index in [4.69, 9.17) is 4.74 Å². The molecule has 0 saturated heterocycles. The number of amides is 2. The number of hydrogen-bond donors (Lipinski definition) is 2. The quantitative estimate of drug-likeness (QED) is 0.264. The van der Waals surface area contributed by atoms with Gasteiger partial charge in [0.1, 0.15) is 10.7 Å². The topological polar surface area (TPSA) is 128 Å². The normalized spacial score (nSPS) is 13.2. The Bertz CT molecular complexity index is 1480. The molecule has 0 aliphatic carbocycles. The van der Waals surface area contributed by atoms with Gasteiger partial charge in [0.2, 0.25) is 9.84 Å². The highest BCUT2D eigenvalue weighted by Gasteiger charge is 2.33. The van der Waals surface area contributed by atoms with E-state index in [0.717, 1.165) is 5.56 Å². The summed E-state index contributed by atoms with van der Waals surface area (Å²) in [6.45, 7) is 0.473. The fourth-order valence-corrected chi connectivity index (χ4v) is 5.31. The Morgan fingerprint density at radius 2 is 1.46 bits per heavy atom. The molecule has 4 rings (SSSR count). The van der Waals surface area contributed by atoms with E-state index >= 15 is 0 Å². The molecule has 10 heteroatoms. The number of sulfone groups is 1. The molecule has 1 aliphatic rings. The number of rotatable bonds is 8. The maximum absolute atomic E-state index is 12.5. The number of fused-ring (bicyclic) bond motifs is 1. The first kappa shape index (κ1) is 25.6. The Morgan fingerprint density at radius 1 is 0.811 bits per heavy atom. The zero-order valence-electron chi connectivity index (χ0n) is 19.9. The summed E-state index contributed by atoms with van der Waals surface area (Å²) in [4.78, 5) is 36.2. The smallest absolute Gasteiger partial charge is 0.437 e. The molecule has 0 bridgehead atoms. The standard InChI is InChI=1S/C27H24N2O7S/c1-35-27(32)36-22-9-4-3-8-21(22)18-11-13-19(14-12-18)25(30)28-15-6-16-29-26(31)24-17-20-7-2-5-10-23(20)37(24,33)34/h2-5,7-14,17H,6,15-16H2,1H3,(H,28,30)(H,29,31). The largest absolute Gasteiger partial charge is 0.513 e. The molecule has 0 radical (unpaired) electrons. The van der Waals surface area contributed by atoms with Crippen molar-refractivity contribution in [3.05, 3.63) is 88.8 Å². The minimum atomic E-state index is -3.82. The van der Waals surface area contributed by atoms with E-state index in [1.807, 2.05) is 0 Å². The summed E-state index contributed by atoms with van der Waals surface area (Å²) in [6.07, 6.45) is 0.950. The second kappa shape index (κ2) is 11.1. The SMILES string of the molecule is COC(=O)Oc1ccccc1-c1ccc(C(=O)NCCCNC(=O)C2=Cc3ccccc3S2(=O)=O)cc1. The van der Waals surface area contributed by atoms with E-state index in [1.165, 1.54) is 19.3 Å². The van der Waals surface area contributed by atoms with Crippen molar-refractivity contribution in [1.82, 2.24) is 10.6 Å². The van der Waals surface area contributed by atoms with E-state index in [1.54, 1.807) is 66.7 Å². The average molecular weight is 521 g/mol. The maximum Gasteiger partial charge on any atom is 0.513 e. The molecule has 0 spiro atoms. The zero-order chi connectivity index (χ0) is 26.4. The maximum atomic E-state index is 12.5. The van der Waals surface area contributed by atoms with Crippen LogP contribution in [0.25, 0.3) is 17.2 Å². The van der Waals surface area contributed by atoms with Crippen LogP contribution in [0.15, 0.2) is 82.6 Å². The zero-order valence-corrected chi connectivity index (χ0v) is 20.7. The molecule has 0 aromatic heterocycles. The lowest BCUT2D eigenvalue weighted by atomic mass is 10.0. The van der Waals surface area contributed by atoms with Gasteiger partial charge in [-0.15, -0.1) is 0 Å². The number of benzene rings is 3. The van der Waals surface area contributed by atoms with Crippen molar-refractivity contribution in [2.24, 2.45) is 0 Å². The highest BCUT2D eigenvalue weighted by Crippen LogP contribution is 2.32.